The molecule has 0 bridgehead atoms. The van der Waals surface area contributed by atoms with Crippen molar-refractivity contribution in [1.82, 2.24) is 40.2 Å². The fraction of sp³-hybridized carbons (Fsp3) is 0.488. The van der Waals surface area contributed by atoms with Crippen molar-refractivity contribution in [2.75, 3.05) is 39.3 Å². The maximum Gasteiger partial charge on any atom is 0.329 e. The van der Waals surface area contributed by atoms with E-state index in [0.29, 0.717) is 34.8 Å². The second-order valence-electron chi connectivity index (χ2n) is 15.4. The van der Waals surface area contributed by atoms with E-state index in [1.807, 2.05) is 26.0 Å². The molecule has 308 valence electrons. The van der Waals surface area contributed by atoms with Crippen LogP contribution in [0.1, 0.15) is 64.0 Å². The fourth-order valence-corrected chi connectivity index (χ4v) is 7.82. The quantitative estimate of drug-likeness (QED) is 0.0817. The Labute approximate surface area is 335 Å². The van der Waals surface area contributed by atoms with Gasteiger partial charge >= 0.3 is 5.69 Å². The lowest BCUT2D eigenvalue weighted by Crippen LogP contribution is -2.48. The zero-order chi connectivity index (χ0) is 41.5. The van der Waals surface area contributed by atoms with E-state index >= 15 is 0 Å². The van der Waals surface area contributed by atoms with E-state index < -0.39 is 30.0 Å². The van der Waals surface area contributed by atoms with Crippen LogP contribution in [0.4, 0.5) is 8.78 Å². The lowest BCUT2D eigenvalue weighted by Gasteiger charge is -2.37. The topological polar surface area (TPSA) is 193 Å². The van der Waals surface area contributed by atoms with Gasteiger partial charge in [0.2, 0.25) is 11.8 Å². The highest BCUT2D eigenvalue weighted by Crippen LogP contribution is 2.27. The minimum Gasteiger partial charge on any atom is -0.386 e. The molecule has 6 rings (SSSR count). The van der Waals surface area contributed by atoms with Gasteiger partial charge in [0.25, 0.3) is 12.3 Å². The number of aromatic nitrogens is 2. The van der Waals surface area contributed by atoms with Crippen molar-refractivity contribution < 1.29 is 23.2 Å². The summed E-state index contributed by atoms with van der Waals surface area (Å²) in [6.45, 7) is 8.95. The second-order valence-corrected chi connectivity index (χ2v) is 15.4. The van der Waals surface area contributed by atoms with Crippen molar-refractivity contribution in [3.8, 4) is 11.8 Å². The third-order valence-electron chi connectivity index (χ3n) is 11.1. The average molecular weight is 800 g/mol. The summed E-state index contributed by atoms with van der Waals surface area (Å²) >= 11 is 0. The van der Waals surface area contributed by atoms with Crippen LogP contribution in [0.5, 0.6) is 0 Å². The summed E-state index contributed by atoms with van der Waals surface area (Å²) < 4.78 is 30.3. The number of halogens is 2. The predicted molar refractivity (Wildman–Crippen MR) is 218 cm³/mol. The van der Waals surface area contributed by atoms with Gasteiger partial charge in [-0.1, -0.05) is 31.8 Å². The number of rotatable bonds is 12. The van der Waals surface area contributed by atoms with E-state index in [2.05, 4.69) is 47.9 Å². The first-order chi connectivity index (χ1) is 27.8. The van der Waals surface area contributed by atoms with Crippen LogP contribution in [0, 0.1) is 34.5 Å². The van der Waals surface area contributed by atoms with Crippen LogP contribution in [-0.4, -0.2) is 106 Å². The van der Waals surface area contributed by atoms with Crippen molar-refractivity contribution in [2.24, 2.45) is 23.9 Å². The summed E-state index contributed by atoms with van der Waals surface area (Å²) in [5.74, 6) is 5.59. The molecule has 0 spiro atoms. The Bertz CT molecular complexity index is 2190. The van der Waals surface area contributed by atoms with Crippen molar-refractivity contribution in [3.63, 3.8) is 0 Å². The number of piperazine rings is 1. The number of amides is 3. The lowest BCUT2D eigenvalue weighted by molar-refractivity contribution is -0.135. The minimum absolute atomic E-state index is 0.00258. The van der Waals surface area contributed by atoms with Crippen LogP contribution in [0.2, 0.25) is 0 Å². The van der Waals surface area contributed by atoms with Crippen molar-refractivity contribution in [2.45, 2.75) is 70.9 Å². The molecule has 1 atom stereocenters. The number of allylic oxidation sites excluding steroid dienone is 2. The van der Waals surface area contributed by atoms with Crippen molar-refractivity contribution >= 4 is 46.4 Å². The van der Waals surface area contributed by atoms with Gasteiger partial charge in [-0.25, -0.2) is 18.6 Å². The molecule has 2 saturated heterocycles. The molecule has 1 saturated carbocycles. The summed E-state index contributed by atoms with van der Waals surface area (Å²) in [5, 5.41) is 26.5. The van der Waals surface area contributed by atoms with Gasteiger partial charge in [0, 0.05) is 76.6 Å². The summed E-state index contributed by atoms with van der Waals surface area (Å²) in [5.41, 5.74) is 0.812. The Morgan fingerprint density at radius 2 is 1.79 bits per heavy atom. The normalized spacial score (nSPS) is 22.8. The molecular formula is C41H51F2N11O4. The molecule has 0 radical (unpaired) electrons. The van der Waals surface area contributed by atoms with E-state index in [-0.39, 0.29) is 53.5 Å². The second kappa shape index (κ2) is 18.7. The first-order valence-electron chi connectivity index (χ1n) is 19.7. The highest BCUT2D eigenvalue weighted by Gasteiger charge is 2.32. The van der Waals surface area contributed by atoms with Crippen LogP contribution >= 0.6 is 0 Å². The molecule has 3 aliphatic heterocycles. The number of carbonyl (C=O) groups excluding carboxylic acids is 3. The third kappa shape index (κ3) is 9.68. The summed E-state index contributed by atoms with van der Waals surface area (Å²) in [4.78, 5) is 59.8. The molecule has 4 aliphatic rings. The molecule has 3 amide bonds. The van der Waals surface area contributed by atoms with Crippen LogP contribution in [0.25, 0.3) is 11.0 Å². The van der Waals surface area contributed by atoms with E-state index in [4.69, 9.17) is 10.8 Å². The molecule has 1 aromatic heterocycles. The Hall–Kier alpha value is -5.73. The number of para-hydroxylation sites is 1. The maximum atomic E-state index is 13.7. The highest BCUT2D eigenvalue weighted by molar-refractivity contribution is 6.15. The zero-order valence-corrected chi connectivity index (χ0v) is 33.0. The number of nitrogens with zero attached hydrogens (tertiary/aromatic N) is 5. The molecule has 1 aromatic carbocycles. The lowest BCUT2D eigenvalue weighted by atomic mass is 9.85. The number of nitrogens with one attached hydrogen (secondary N) is 6. The summed E-state index contributed by atoms with van der Waals surface area (Å²) in [6, 6.07) is 4.73. The molecule has 15 nitrogen and oxygen atoms in total. The molecule has 3 fully saturated rings. The summed E-state index contributed by atoms with van der Waals surface area (Å²) in [6.07, 6.45) is 6.32. The minimum atomic E-state index is -3.10. The SMILES string of the molecule is CC(C)C1=N/C(=C(/C=N)C(=O)N/C(=C/N[C@H]2CC[C@H](CN3CCN(CC#Cc4cccc5c4n(C)c(=O)n5C4CCC(=O)NC4=O)CC3)CC2)C(=N)C(F)F)NC=C1. The average Bonchev–Trinajstić information content (AvgIpc) is 3.46. The van der Waals surface area contributed by atoms with Crippen molar-refractivity contribution in [3.05, 3.63) is 69.8 Å². The summed E-state index contributed by atoms with van der Waals surface area (Å²) in [7, 11) is 1.67. The van der Waals surface area contributed by atoms with Gasteiger partial charge in [-0.2, -0.15) is 0 Å². The Morgan fingerprint density at radius 1 is 1.07 bits per heavy atom. The molecule has 2 aromatic rings. The van der Waals surface area contributed by atoms with Crippen LogP contribution < -0.4 is 27.0 Å². The first-order valence-corrected chi connectivity index (χ1v) is 19.7. The standard InChI is InChI=1S/C41H51F2N11O4/c1-25(2)30-15-16-46-38(48-30)29(22-44)39(56)49-31(35(45)37(42)43)23-47-28-11-9-26(10-12-28)24-53-20-18-52(19-21-53)17-5-7-27-6-4-8-32-36(27)51(3)41(58)54(32)33-13-14-34(55)50-40(33)57/h4,6,8,15-16,22-23,25-26,28,33,37,44-47H,9-14,17-21,24H2,1-3H3,(H,49,56)(H,50,55,57)/b31-23+,38-29-,44-22?,45-35?/t26-,28-,33?. The Morgan fingerprint density at radius 3 is 2.47 bits per heavy atom. The largest absolute Gasteiger partial charge is 0.386 e. The van der Waals surface area contributed by atoms with Gasteiger partial charge in [0.05, 0.1) is 34.4 Å². The Balaban J connectivity index is 0.979. The molecule has 4 heterocycles. The van der Waals surface area contributed by atoms with E-state index in [9.17, 15) is 28.0 Å². The van der Waals surface area contributed by atoms with E-state index in [1.165, 1.54) is 15.3 Å². The van der Waals surface area contributed by atoms with Crippen LogP contribution in [0.3, 0.4) is 0 Å². The highest BCUT2D eigenvalue weighted by atomic mass is 19.3. The molecule has 6 N–H and O–H groups in total. The number of alkyl halides is 2. The number of imidazole rings is 1. The molecule has 1 unspecified atom stereocenters. The predicted octanol–water partition coefficient (Wildman–Crippen LogP) is 2.75. The smallest absolute Gasteiger partial charge is 0.329 e. The van der Waals surface area contributed by atoms with E-state index in [0.717, 1.165) is 64.6 Å². The van der Waals surface area contributed by atoms with Crippen molar-refractivity contribution in [1.29, 1.82) is 10.8 Å². The number of hydrogen-bond donors (Lipinski definition) is 6. The number of imide groups is 1. The number of carbonyl (C=O) groups is 3. The maximum absolute atomic E-state index is 13.7. The van der Waals surface area contributed by atoms with Gasteiger partial charge in [-0.05, 0) is 62.1 Å². The number of aliphatic imine (C=N–C) groups is 1. The first kappa shape index (κ1) is 41.9. The Kier molecular flexibility index (Phi) is 13.5. The number of benzene rings is 1. The number of hydrogen-bond acceptors (Lipinski definition) is 11. The monoisotopic (exact) mass is 799 g/mol. The van der Waals surface area contributed by atoms with E-state index in [1.54, 1.807) is 25.4 Å². The van der Waals surface area contributed by atoms with Gasteiger partial charge in [0.1, 0.15) is 17.6 Å². The number of aryl methyl sites for hydroxylation is 1. The van der Waals surface area contributed by atoms with Crippen LogP contribution in [0.15, 0.2) is 63.6 Å². The number of fused-ring (bicyclic) bond motifs is 1. The third-order valence-corrected chi connectivity index (χ3v) is 11.1. The van der Waals surface area contributed by atoms with Crippen LogP contribution in [-0.2, 0) is 21.4 Å². The molecular weight excluding hydrogens is 749 g/mol. The zero-order valence-electron chi connectivity index (χ0n) is 33.0. The van der Waals surface area contributed by atoms with Gasteiger partial charge in [-0.3, -0.25) is 39.1 Å². The van der Waals surface area contributed by atoms with Gasteiger partial charge in [-0.15, -0.1) is 0 Å². The van der Waals surface area contributed by atoms with Gasteiger partial charge < -0.3 is 26.3 Å². The molecule has 17 heteroatoms. The molecule has 58 heavy (non-hydrogen) atoms. The fourth-order valence-electron chi connectivity index (χ4n) is 7.82. The molecule has 1 aliphatic carbocycles. The number of piperidine rings is 1. The van der Waals surface area contributed by atoms with Gasteiger partial charge in [0.15, 0.2) is 0 Å².